The van der Waals surface area contributed by atoms with E-state index in [0.29, 0.717) is 23.7 Å². The van der Waals surface area contributed by atoms with Crippen molar-refractivity contribution in [2.75, 3.05) is 9.13 Å². The van der Waals surface area contributed by atoms with Crippen LogP contribution in [0.25, 0.3) is 0 Å². The van der Waals surface area contributed by atoms with Crippen molar-refractivity contribution in [2.45, 2.75) is 86.0 Å². The monoisotopic (exact) mass is 460 g/mol. The summed E-state index contributed by atoms with van der Waals surface area (Å²) < 4.78 is 4.80. The molecule has 0 spiro atoms. The topological polar surface area (TPSA) is 32.5 Å². The molecule has 0 aromatic heterocycles. The third kappa shape index (κ3) is 4.69. The molecule has 1 radical (unpaired) electrons. The summed E-state index contributed by atoms with van der Waals surface area (Å²) in [6.07, 6.45) is 2.21. The molecule has 1 aliphatic rings. The first-order valence-corrected chi connectivity index (χ1v) is 13.8. The second kappa shape index (κ2) is 9.90. The molecule has 0 fully saturated rings. The van der Waals surface area contributed by atoms with E-state index >= 15 is 0 Å². The molecule has 0 unspecified atom stereocenters. The first-order valence-electron chi connectivity index (χ1n) is 12.3. The molecule has 4 heteroatoms. The van der Waals surface area contributed by atoms with E-state index in [2.05, 4.69) is 120 Å². The van der Waals surface area contributed by atoms with Gasteiger partial charge in [0.15, 0.2) is 0 Å². The van der Waals surface area contributed by atoms with Crippen LogP contribution in [-0.4, -0.2) is 9.28 Å². The lowest BCUT2D eigenvalue weighted by molar-refractivity contribution is 0.823. The Morgan fingerprint density at radius 2 is 1.00 bits per heavy atom. The summed E-state index contributed by atoms with van der Waals surface area (Å²) in [6, 6.07) is 13.4. The highest BCUT2D eigenvalue weighted by molar-refractivity contribution is 6.66. The van der Waals surface area contributed by atoms with E-state index in [4.69, 9.17) is 5.40 Å². The zero-order valence-electron chi connectivity index (χ0n) is 22.0. The number of nitrogens with two attached hydrogens (primary N) is 1. The Morgan fingerprint density at radius 3 is 1.33 bits per heavy atom. The fourth-order valence-electron chi connectivity index (χ4n) is 4.89. The summed E-state index contributed by atoms with van der Waals surface area (Å²) in [7, 11) is -1.69. The maximum atomic E-state index is 7.30. The maximum absolute atomic E-state index is 7.30. The van der Waals surface area contributed by atoms with Crippen LogP contribution in [0.15, 0.2) is 60.4 Å². The van der Waals surface area contributed by atoms with Crippen molar-refractivity contribution < 1.29 is 0 Å². The van der Waals surface area contributed by atoms with Gasteiger partial charge in [0.1, 0.15) is 0 Å². The van der Waals surface area contributed by atoms with Crippen LogP contribution in [0.3, 0.4) is 0 Å². The SMILES string of the molecule is C=C1C=C(C)N(c2c(C(C)C)cccc2C(C)C)[Si](N)N1c1c(C(C)C)cccc1C(C)C. The Kier molecular flexibility index (Phi) is 7.60. The van der Waals surface area contributed by atoms with Crippen molar-refractivity contribution in [3.8, 4) is 0 Å². The van der Waals surface area contributed by atoms with Gasteiger partial charge in [-0.3, -0.25) is 0 Å². The second-order valence-corrected chi connectivity index (χ2v) is 12.1. The molecule has 0 atom stereocenters. The van der Waals surface area contributed by atoms with E-state index in [1.807, 2.05) is 0 Å². The van der Waals surface area contributed by atoms with Gasteiger partial charge in [0.05, 0.1) is 0 Å². The lowest BCUT2D eigenvalue weighted by Crippen LogP contribution is -2.61. The van der Waals surface area contributed by atoms with Crippen LogP contribution >= 0.6 is 0 Å². The maximum Gasteiger partial charge on any atom is 0.402 e. The van der Waals surface area contributed by atoms with E-state index < -0.39 is 9.28 Å². The fourth-order valence-corrected chi connectivity index (χ4v) is 6.85. The summed E-state index contributed by atoms with van der Waals surface area (Å²) in [5.74, 6) is 1.62. The molecule has 3 nitrogen and oxygen atoms in total. The van der Waals surface area contributed by atoms with Crippen molar-refractivity contribution in [1.29, 1.82) is 0 Å². The largest absolute Gasteiger partial charge is 0.402 e. The van der Waals surface area contributed by atoms with Crippen LogP contribution in [0.1, 0.15) is 108 Å². The highest BCUT2D eigenvalue weighted by atomic mass is 28.3. The smallest absolute Gasteiger partial charge is 0.340 e. The molecule has 1 heterocycles. The fraction of sp³-hybridized carbons (Fsp3) is 0.448. The molecule has 2 aromatic rings. The van der Waals surface area contributed by atoms with E-state index in [1.54, 1.807) is 0 Å². The number of rotatable bonds is 6. The Morgan fingerprint density at radius 1 is 0.667 bits per heavy atom. The van der Waals surface area contributed by atoms with Gasteiger partial charge in [0.25, 0.3) is 0 Å². The average Bonchev–Trinajstić information content (AvgIpc) is 2.72. The van der Waals surface area contributed by atoms with Crippen LogP contribution < -0.4 is 14.5 Å². The van der Waals surface area contributed by atoms with Crippen LogP contribution in [0.2, 0.25) is 0 Å². The lowest BCUT2D eigenvalue weighted by Gasteiger charge is -2.45. The Balaban J connectivity index is 2.30. The highest BCUT2D eigenvalue weighted by Gasteiger charge is 2.38. The quantitative estimate of drug-likeness (QED) is 0.445. The minimum absolute atomic E-state index is 0.399. The van der Waals surface area contributed by atoms with Crippen LogP contribution in [0.4, 0.5) is 11.4 Å². The van der Waals surface area contributed by atoms with E-state index in [0.717, 1.165) is 5.70 Å². The predicted octanol–water partition coefficient (Wildman–Crippen LogP) is 7.87. The van der Waals surface area contributed by atoms with Crippen molar-refractivity contribution >= 4 is 20.7 Å². The van der Waals surface area contributed by atoms with Gasteiger partial charge in [-0.25, -0.2) is 0 Å². The van der Waals surface area contributed by atoms with Gasteiger partial charge in [-0.15, -0.1) is 0 Å². The zero-order valence-corrected chi connectivity index (χ0v) is 23.0. The van der Waals surface area contributed by atoms with Crippen LogP contribution in [-0.2, 0) is 0 Å². The number of benzene rings is 2. The van der Waals surface area contributed by atoms with Crippen LogP contribution in [0, 0.1) is 0 Å². The molecule has 0 aliphatic carbocycles. The summed E-state index contributed by atoms with van der Waals surface area (Å²) in [5.41, 5.74) is 10.1. The molecule has 2 aromatic carbocycles. The Labute approximate surface area is 203 Å². The molecule has 33 heavy (non-hydrogen) atoms. The van der Waals surface area contributed by atoms with Crippen molar-refractivity contribution in [3.63, 3.8) is 0 Å². The minimum atomic E-state index is -1.69. The number of anilines is 2. The van der Waals surface area contributed by atoms with E-state index in [1.165, 1.54) is 39.3 Å². The van der Waals surface area contributed by atoms with Gasteiger partial charge in [-0.05, 0) is 58.9 Å². The van der Waals surface area contributed by atoms with Gasteiger partial charge in [-0.1, -0.05) is 98.4 Å². The Bertz CT molecular complexity index is 996. The highest BCUT2D eigenvalue weighted by Crippen LogP contribution is 2.43. The van der Waals surface area contributed by atoms with Gasteiger partial charge >= 0.3 is 9.28 Å². The number of allylic oxidation sites excluding steroid dienone is 2. The van der Waals surface area contributed by atoms with Gasteiger partial charge in [0, 0.05) is 22.8 Å². The molecule has 177 valence electrons. The number of hydrogen-bond donors (Lipinski definition) is 1. The molecule has 0 bridgehead atoms. The summed E-state index contributed by atoms with van der Waals surface area (Å²) in [4.78, 5) is 0. The average molecular weight is 461 g/mol. The van der Waals surface area contributed by atoms with Gasteiger partial charge < -0.3 is 14.5 Å². The zero-order chi connectivity index (χ0) is 24.6. The molecular weight excluding hydrogens is 418 g/mol. The van der Waals surface area contributed by atoms with Crippen molar-refractivity contribution in [1.82, 2.24) is 0 Å². The normalized spacial score (nSPS) is 15.5. The molecule has 0 amide bonds. The molecule has 0 saturated carbocycles. The molecule has 1 aliphatic heterocycles. The third-order valence-corrected chi connectivity index (χ3v) is 8.61. The summed E-state index contributed by atoms with van der Waals surface area (Å²) >= 11 is 0. The number of nitrogens with zero attached hydrogens (tertiary/aromatic N) is 2. The van der Waals surface area contributed by atoms with Gasteiger partial charge in [0.2, 0.25) is 0 Å². The predicted molar refractivity (Wildman–Crippen MR) is 147 cm³/mol. The van der Waals surface area contributed by atoms with E-state index in [-0.39, 0.29) is 0 Å². The van der Waals surface area contributed by atoms with Crippen molar-refractivity contribution in [2.24, 2.45) is 5.40 Å². The summed E-state index contributed by atoms with van der Waals surface area (Å²) in [6.45, 7) is 24.8. The number of hydrogen-bond acceptors (Lipinski definition) is 3. The minimum Gasteiger partial charge on any atom is -0.340 e. The first-order chi connectivity index (χ1) is 15.5. The molecule has 2 N–H and O–H groups in total. The second-order valence-electron chi connectivity index (χ2n) is 10.5. The third-order valence-electron chi connectivity index (χ3n) is 6.61. The van der Waals surface area contributed by atoms with Crippen molar-refractivity contribution in [3.05, 3.63) is 82.7 Å². The lowest BCUT2D eigenvalue weighted by atomic mass is 9.92. The number of para-hydroxylation sites is 2. The van der Waals surface area contributed by atoms with Gasteiger partial charge in [-0.2, -0.15) is 0 Å². The molecule has 3 rings (SSSR count). The molecular formula is C29H42N3Si. The van der Waals surface area contributed by atoms with E-state index in [9.17, 15) is 0 Å². The summed E-state index contributed by atoms with van der Waals surface area (Å²) in [5, 5.41) is 7.30. The molecule has 0 saturated heterocycles. The first kappa shape index (κ1) is 25.3. The van der Waals surface area contributed by atoms with Crippen LogP contribution in [0.5, 0.6) is 0 Å². The Hall–Kier alpha value is -2.30. The standard InChI is InChI=1S/C29H42N3Si/c1-18(2)24-13-11-14-25(19(3)4)28(24)31-22(9)17-23(10)32(33(31)30)29-26(20(5)6)15-12-16-27(29)21(7)8/h11-21H,9,30H2,1-8,10H3.